The van der Waals surface area contributed by atoms with Crippen molar-refractivity contribution in [3.8, 4) is 0 Å². The fraction of sp³-hybridized carbons (Fsp3) is 0.500. The zero-order valence-corrected chi connectivity index (χ0v) is 21.0. The molecule has 2 unspecified atom stereocenters. The first-order chi connectivity index (χ1) is 17.5. The average molecular weight is 504 g/mol. The van der Waals surface area contributed by atoms with E-state index in [1.165, 1.54) is 25.7 Å². The van der Waals surface area contributed by atoms with Gasteiger partial charge in [0.15, 0.2) is 0 Å². The van der Waals surface area contributed by atoms with Gasteiger partial charge < -0.3 is 10.0 Å². The van der Waals surface area contributed by atoms with E-state index in [0.717, 1.165) is 35.5 Å². The van der Waals surface area contributed by atoms with Gasteiger partial charge in [0.1, 0.15) is 5.69 Å². The highest BCUT2D eigenvalue weighted by molar-refractivity contribution is 6.33. The van der Waals surface area contributed by atoms with Crippen LogP contribution in [0.25, 0.3) is 4.85 Å². The van der Waals surface area contributed by atoms with Gasteiger partial charge in [-0.05, 0) is 68.7 Å². The van der Waals surface area contributed by atoms with Gasteiger partial charge in [-0.3, -0.25) is 9.80 Å². The summed E-state index contributed by atoms with van der Waals surface area (Å²) in [5.74, 6) is 0.826. The molecule has 0 radical (unpaired) electrons. The second kappa shape index (κ2) is 9.49. The smallest absolute Gasteiger partial charge is 0.272 e. The Hall–Kier alpha value is -2.95. The minimum absolute atomic E-state index is 0.0554. The molecule has 2 aliphatic carbocycles. The molecule has 4 aliphatic rings. The molecule has 1 aromatic heterocycles. The summed E-state index contributed by atoms with van der Waals surface area (Å²) in [6.45, 7) is 8.47. The number of fused-ring (bicyclic) bond motifs is 3. The first-order valence-corrected chi connectivity index (χ1v) is 13.4. The number of nitrogens with zero attached hydrogens (tertiary/aromatic N) is 5. The van der Waals surface area contributed by atoms with E-state index in [0.29, 0.717) is 54.2 Å². The molecule has 2 aromatic rings. The number of carbonyl (C=O) groups is 1. The van der Waals surface area contributed by atoms with Crippen LogP contribution in [-0.2, 0) is 6.42 Å². The summed E-state index contributed by atoms with van der Waals surface area (Å²) in [6.07, 6.45) is 7.63. The van der Waals surface area contributed by atoms with E-state index in [2.05, 4.69) is 9.85 Å². The number of piperidine rings is 1. The summed E-state index contributed by atoms with van der Waals surface area (Å²) in [5, 5.41) is 17.6. The van der Waals surface area contributed by atoms with Crippen LogP contribution in [-0.4, -0.2) is 51.8 Å². The van der Waals surface area contributed by atoms with Crippen molar-refractivity contribution in [2.75, 3.05) is 18.1 Å². The Morgan fingerprint density at radius 2 is 1.86 bits per heavy atom. The predicted molar refractivity (Wildman–Crippen MR) is 140 cm³/mol. The van der Waals surface area contributed by atoms with Crippen molar-refractivity contribution in [1.29, 1.82) is 0 Å². The van der Waals surface area contributed by atoms with Crippen LogP contribution < -0.4 is 5.01 Å². The van der Waals surface area contributed by atoms with Crippen LogP contribution in [0.1, 0.15) is 66.7 Å². The zero-order valence-electron chi connectivity index (χ0n) is 20.2. The van der Waals surface area contributed by atoms with Gasteiger partial charge in [-0.2, -0.15) is 5.10 Å². The van der Waals surface area contributed by atoms with Gasteiger partial charge in [0.2, 0.25) is 5.69 Å². The highest BCUT2D eigenvalue weighted by atomic mass is 35.5. The molecular weight excluding hydrogens is 474 g/mol. The van der Waals surface area contributed by atoms with E-state index in [1.807, 2.05) is 24.3 Å². The molecule has 2 atom stereocenters. The number of hydrazone groups is 1. The lowest BCUT2D eigenvalue weighted by atomic mass is 9.76. The SMILES string of the molecule is [C-]#[N+]c1ccc(N2N=C3c4ccc(C(=O)N5CCC(O)CC5)nc4CCC3C2C2CCCC2)cc1Cl. The third-order valence-corrected chi connectivity index (χ3v) is 8.68. The molecule has 1 saturated heterocycles. The second-order valence-corrected chi connectivity index (χ2v) is 10.9. The Bertz CT molecular complexity index is 1260. The first kappa shape index (κ1) is 23.4. The average Bonchev–Trinajstić information content (AvgIpc) is 3.56. The molecule has 186 valence electrons. The summed E-state index contributed by atoms with van der Waals surface area (Å²) < 4.78 is 0. The molecule has 1 aromatic carbocycles. The fourth-order valence-corrected chi connectivity index (χ4v) is 6.72. The summed E-state index contributed by atoms with van der Waals surface area (Å²) >= 11 is 6.42. The van der Waals surface area contributed by atoms with E-state index in [-0.39, 0.29) is 18.1 Å². The molecule has 3 heterocycles. The number of aliphatic hydroxyl groups is 1. The molecule has 2 fully saturated rings. The molecule has 2 aliphatic heterocycles. The van der Waals surface area contributed by atoms with Crippen LogP contribution in [0.3, 0.4) is 0 Å². The maximum absolute atomic E-state index is 13.1. The van der Waals surface area contributed by atoms with Gasteiger partial charge in [-0.15, -0.1) is 0 Å². The number of hydrogen-bond donors (Lipinski definition) is 1. The van der Waals surface area contributed by atoms with Gasteiger partial charge in [-0.1, -0.05) is 30.5 Å². The normalized spacial score (nSPS) is 24.3. The van der Waals surface area contributed by atoms with Gasteiger partial charge in [0.25, 0.3) is 5.91 Å². The largest absolute Gasteiger partial charge is 0.393 e. The number of benzene rings is 1. The van der Waals surface area contributed by atoms with E-state index < -0.39 is 0 Å². The highest BCUT2D eigenvalue weighted by Crippen LogP contribution is 2.45. The molecular formula is C28H30ClN5O2. The number of aromatic nitrogens is 1. The van der Waals surface area contributed by atoms with Crippen molar-refractivity contribution in [2.24, 2.45) is 16.9 Å². The maximum atomic E-state index is 13.1. The van der Waals surface area contributed by atoms with Crippen molar-refractivity contribution < 1.29 is 9.90 Å². The Balaban J connectivity index is 1.33. The second-order valence-electron chi connectivity index (χ2n) is 10.5. The van der Waals surface area contributed by atoms with Crippen LogP contribution in [0, 0.1) is 18.4 Å². The lowest BCUT2D eigenvalue weighted by Gasteiger charge is -2.34. The summed E-state index contributed by atoms with van der Waals surface area (Å²) in [6, 6.07) is 9.75. The van der Waals surface area contributed by atoms with Crippen LogP contribution in [0.15, 0.2) is 35.4 Å². The Morgan fingerprint density at radius 1 is 1.08 bits per heavy atom. The summed E-state index contributed by atoms with van der Waals surface area (Å²) in [5.41, 5.74) is 4.92. The van der Waals surface area contributed by atoms with Crippen LogP contribution in [0.4, 0.5) is 11.4 Å². The first-order valence-electron chi connectivity index (χ1n) is 13.1. The quantitative estimate of drug-likeness (QED) is 0.582. The number of aryl methyl sites for hydroxylation is 1. The third kappa shape index (κ3) is 4.07. The number of carbonyl (C=O) groups excluding carboxylic acids is 1. The van der Waals surface area contributed by atoms with E-state index >= 15 is 0 Å². The number of halogens is 1. The molecule has 1 amide bonds. The van der Waals surface area contributed by atoms with Gasteiger partial charge >= 0.3 is 0 Å². The molecule has 0 spiro atoms. The van der Waals surface area contributed by atoms with Crippen molar-refractivity contribution in [3.05, 3.63) is 63.7 Å². The predicted octanol–water partition coefficient (Wildman–Crippen LogP) is 5.23. The molecule has 0 bridgehead atoms. The topological polar surface area (TPSA) is 73.4 Å². The van der Waals surface area contributed by atoms with Gasteiger partial charge in [0, 0.05) is 29.6 Å². The van der Waals surface area contributed by atoms with E-state index in [9.17, 15) is 9.90 Å². The standard InChI is InChI=1S/C28H30ClN5O2/c1-30-24-9-6-18(16-22(24)29)34-27(17-4-2-3-5-17)21-8-10-23-20(26(21)32-34)7-11-25(31-23)28(36)33-14-12-19(35)13-15-33/h6-7,9,11,16-17,19,21,27,35H,2-5,8,10,12-15H2. The molecule has 6 rings (SSSR count). The number of amides is 1. The van der Waals surface area contributed by atoms with Crippen molar-refractivity contribution >= 4 is 34.6 Å². The van der Waals surface area contributed by atoms with Gasteiger partial charge in [-0.25, -0.2) is 9.83 Å². The van der Waals surface area contributed by atoms with E-state index in [4.69, 9.17) is 28.3 Å². The van der Waals surface area contributed by atoms with Gasteiger partial charge in [0.05, 0.1) is 35.8 Å². The molecule has 1 saturated carbocycles. The monoisotopic (exact) mass is 503 g/mol. The van der Waals surface area contributed by atoms with Crippen LogP contribution in [0.5, 0.6) is 0 Å². The zero-order chi connectivity index (χ0) is 24.8. The minimum atomic E-state index is -0.314. The summed E-state index contributed by atoms with van der Waals surface area (Å²) in [7, 11) is 0. The van der Waals surface area contributed by atoms with Crippen molar-refractivity contribution in [1.82, 2.24) is 9.88 Å². The number of pyridine rings is 1. The summed E-state index contributed by atoms with van der Waals surface area (Å²) in [4.78, 5) is 23.2. The molecule has 7 nitrogen and oxygen atoms in total. The van der Waals surface area contributed by atoms with E-state index in [1.54, 1.807) is 11.0 Å². The Labute approximate surface area is 216 Å². The molecule has 1 N–H and O–H groups in total. The lowest BCUT2D eigenvalue weighted by Crippen LogP contribution is -2.41. The molecule has 36 heavy (non-hydrogen) atoms. The Kier molecular flexibility index (Phi) is 6.18. The number of anilines is 1. The third-order valence-electron chi connectivity index (χ3n) is 8.37. The van der Waals surface area contributed by atoms with Crippen molar-refractivity contribution in [3.63, 3.8) is 0 Å². The maximum Gasteiger partial charge on any atom is 0.272 e. The van der Waals surface area contributed by atoms with Crippen molar-refractivity contribution in [2.45, 2.75) is 63.5 Å². The van der Waals surface area contributed by atoms with Crippen LogP contribution in [0.2, 0.25) is 5.02 Å². The lowest BCUT2D eigenvalue weighted by molar-refractivity contribution is 0.0541. The number of likely N-dealkylation sites (tertiary alicyclic amines) is 1. The fourth-order valence-electron chi connectivity index (χ4n) is 6.50. The highest BCUT2D eigenvalue weighted by Gasteiger charge is 2.46. The Morgan fingerprint density at radius 3 is 2.58 bits per heavy atom. The number of rotatable bonds is 3. The number of aliphatic hydroxyl groups excluding tert-OH is 1. The number of hydrogen-bond acceptors (Lipinski definition) is 5. The molecule has 8 heteroatoms. The minimum Gasteiger partial charge on any atom is -0.393 e. The van der Waals surface area contributed by atoms with Crippen LogP contribution >= 0.6 is 11.6 Å².